The highest BCUT2D eigenvalue weighted by atomic mass is 32.2. The second kappa shape index (κ2) is 5.97. The van der Waals surface area contributed by atoms with E-state index in [1.54, 1.807) is 43.3 Å². The second-order valence-electron chi connectivity index (χ2n) is 4.54. The first kappa shape index (κ1) is 15.7. The minimum atomic E-state index is -3.55. The Morgan fingerprint density at radius 1 is 1.00 bits per heavy atom. The number of hydrogen-bond donors (Lipinski definition) is 0. The molecule has 7 heteroatoms. The maximum Gasteiger partial charge on any atom is 0.177 e. The summed E-state index contributed by atoms with van der Waals surface area (Å²) in [6.45, 7) is 1.76. The molecular formula is C14H14NO4S2-. The average Bonchev–Trinajstić information content (AvgIpc) is 2.40. The monoisotopic (exact) mass is 324 g/mol. The molecule has 21 heavy (non-hydrogen) atoms. The number of hydrogen-bond acceptors (Lipinski definition) is 4. The van der Waals surface area contributed by atoms with E-state index in [1.807, 2.05) is 0 Å². The zero-order valence-corrected chi connectivity index (χ0v) is 13.1. The summed E-state index contributed by atoms with van der Waals surface area (Å²) in [5.41, 5.74) is 1.26. The summed E-state index contributed by atoms with van der Waals surface area (Å²) < 4.78 is 48.1. The maximum absolute atomic E-state index is 11.9. The fraction of sp³-hybridized carbons (Fsp3) is 0.143. The highest BCUT2D eigenvalue weighted by Gasteiger charge is 2.20. The van der Waals surface area contributed by atoms with E-state index in [-0.39, 0.29) is 10.6 Å². The van der Waals surface area contributed by atoms with Gasteiger partial charge in [-0.1, -0.05) is 30.3 Å². The molecule has 2 aromatic carbocycles. The van der Waals surface area contributed by atoms with Crippen LogP contribution in [0, 0.1) is 6.92 Å². The number of aryl methyl sites for hydroxylation is 1. The van der Waals surface area contributed by atoms with Crippen LogP contribution in [0.1, 0.15) is 5.56 Å². The summed E-state index contributed by atoms with van der Waals surface area (Å²) >= 11 is -2.64. The SMILES string of the molecule is Cc1ccccc1N(c1ccccc1S(C)(=O)=O)S(=O)[O-]. The first-order chi connectivity index (χ1) is 9.82. The minimum Gasteiger partial charge on any atom is -0.755 e. The van der Waals surface area contributed by atoms with Gasteiger partial charge in [-0.15, -0.1) is 0 Å². The molecular weight excluding hydrogens is 310 g/mol. The molecule has 0 spiro atoms. The molecule has 0 heterocycles. The number of rotatable bonds is 4. The van der Waals surface area contributed by atoms with Crippen LogP contribution < -0.4 is 4.31 Å². The van der Waals surface area contributed by atoms with Crippen molar-refractivity contribution in [2.45, 2.75) is 11.8 Å². The summed E-state index contributed by atoms with van der Waals surface area (Å²) in [5, 5.41) is 0. The fourth-order valence-corrected chi connectivity index (χ4v) is 3.63. The first-order valence-corrected chi connectivity index (χ1v) is 8.99. The Bertz CT molecular complexity index is 787. The molecule has 112 valence electrons. The van der Waals surface area contributed by atoms with Gasteiger partial charge >= 0.3 is 0 Å². The molecule has 2 aromatic rings. The molecule has 0 fully saturated rings. The van der Waals surface area contributed by atoms with Crippen molar-refractivity contribution in [3.63, 3.8) is 0 Å². The lowest BCUT2D eigenvalue weighted by atomic mass is 10.2. The molecule has 0 aliphatic rings. The van der Waals surface area contributed by atoms with Gasteiger partial charge in [0.2, 0.25) is 0 Å². The molecule has 0 aromatic heterocycles. The van der Waals surface area contributed by atoms with Gasteiger partial charge in [0.25, 0.3) is 0 Å². The van der Waals surface area contributed by atoms with Gasteiger partial charge in [-0.25, -0.2) is 8.42 Å². The van der Waals surface area contributed by atoms with Gasteiger partial charge in [0, 0.05) is 6.26 Å². The normalized spacial score (nSPS) is 12.9. The lowest BCUT2D eigenvalue weighted by Crippen LogP contribution is -2.22. The Morgan fingerprint density at radius 2 is 1.52 bits per heavy atom. The van der Waals surface area contributed by atoms with E-state index in [1.165, 1.54) is 12.1 Å². The van der Waals surface area contributed by atoms with Crippen molar-refractivity contribution in [2.24, 2.45) is 0 Å². The molecule has 0 radical (unpaired) electrons. The Kier molecular flexibility index (Phi) is 4.46. The van der Waals surface area contributed by atoms with Gasteiger partial charge in [0.1, 0.15) is 0 Å². The van der Waals surface area contributed by atoms with Crippen LogP contribution in [-0.4, -0.2) is 23.4 Å². The summed E-state index contributed by atoms with van der Waals surface area (Å²) in [6, 6.07) is 12.9. The standard InChI is InChI=1S/C14H15NO4S2/c1-11-7-3-4-8-12(11)15(20(16)17)13-9-5-6-10-14(13)21(2,18)19/h3-10H,1-2H3,(H,16,17)/p-1. The van der Waals surface area contributed by atoms with Crippen LogP contribution in [0.15, 0.2) is 53.4 Å². The smallest absolute Gasteiger partial charge is 0.177 e. The first-order valence-electron chi connectivity index (χ1n) is 6.06. The molecule has 0 amide bonds. The Morgan fingerprint density at radius 3 is 2.05 bits per heavy atom. The molecule has 0 N–H and O–H groups in total. The Labute approximate surface area is 126 Å². The Balaban J connectivity index is 2.72. The van der Waals surface area contributed by atoms with Crippen LogP contribution in [0.4, 0.5) is 11.4 Å². The van der Waals surface area contributed by atoms with Crippen LogP contribution in [0.2, 0.25) is 0 Å². The van der Waals surface area contributed by atoms with E-state index in [2.05, 4.69) is 0 Å². The number of para-hydroxylation sites is 2. The van der Waals surface area contributed by atoms with Crippen molar-refractivity contribution in [1.29, 1.82) is 0 Å². The van der Waals surface area contributed by atoms with E-state index >= 15 is 0 Å². The maximum atomic E-state index is 11.9. The molecule has 1 atom stereocenters. The van der Waals surface area contributed by atoms with Gasteiger partial charge in [0.05, 0.1) is 27.5 Å². The average molecular weight is 324 g/mol. The Hall–Kier alpha value is -1.70. The van der Waals surface area contributed by atoms with Crippen molar-refractivity contribution in [2.75, 3.05) is 10.6 Å². The van der Waals surface area contributed by atoms with E-state index in [9.17, 15) is 17.2 Å². The summed E-state index contributed by atoms with van der Waals surface area (Å²) in [7, 11) is -3.55. The summed E-state index contributed by atoms with van der Waals surface area (Å²) in [5.74, 6) is 0. The number of nitrogens with zero attached hydrogens (tertiary/aromatic N) is 1. The number of anilines is 2. The molecule has 2 rings (SSSR count). The van der Waals surface area contributed by atoms with Crippen LogP contribution in [0.3, 0.4) is 0 Å². The van der Waals surface area contributed by atoms with Gasteiger partial charge in [0.15, 0.2) is 9.84 Å². The van der Waals surface area contributed by atoms with Crippen molar-refractivity contribution in [3.8, 4) is 0 Å². The third-order valence-corrected chi connectivity index (χ3v) is 4.80. The van der Waals surface area contributed by atoms with Crippen molar-refractivity contribution >= 4 is 32.5 Å². The fourth-order valence-electron chi connectivity index (χ4n) is 2.02. The zero-order valence-electron chi connectivity index (χ0n) is 11.5. The molecule has 0 aliphatic carbocycles. The van der Waals surface area contributed by atoms with E-state index in [0.29, 0.717) is 5.69 Å². The van der Waals surface area contributed by atoms with Crippen molar-refractivity contribution < 1.29 is 17.2 Å². The van der Waals surface area contributed by atoms with Gasteiger partial charge in [-0.2, -0.15) is 0 Å². The summed E-state index contributed by atoms with van der Waals surface area (Å²) in [4.78, 5) is -0.0301. The lowest BCUT2D eigenvalue weighted by molar-refractivity contribution is 0.537. The van der Waals surface area contributed by atoms with Gasteiger partial charge in [-0.05, 0) is 30.7 Å². The molecule has 1 unspecified atom stereocenters. The molecule has 0 bridgehead atoms. The largest absolute Gasteiger partial charge is 0.755 e. The van der Waals surface area contributed by atoms with E-state index in [4.69, 9.17) is 0 Å². The van der Waals surface area contributed by atoms with Crippen LogP contribution in [0.5, 0.6) is 0 Å². The van der Waals surface area contributed by atoms with Crippen LogP contribution >= 0.6 is 0 Å². The molecule has 0 saturated carbocycles. The topological polar surface area (TPSA) is 77.5 Å². The quantitative estimate of drug-likeness (QED) is 0.809. The number of sulfone groups is 1. The highest BCUT2D eigenvalue weighted by Crippen LogP contribution is 2.34. The third kappa shape index (κ3) is 3.31. The lowest BCUT2D eigenvalue weighted by Gasteiger charge is -2.29. The van der Waals surface area contributed by atoms with Gasteiger partial charge in [-0.3, -0.25) is 8.51 Å². The predicted molar refractivity (Wildman–Crippen MR) is 81.8 cm³/mol. The number of benzene rings is 2. The predicted octanol–water partition coefficient (Wildman–Crippen LogP) is 2.33. The van der Waals surface area contributed by atoms with Crippen LogP contribution in [0.25, 0.3) is 0 Å². The van der Waals surface area contributed by atoms with E-state index in [0.717, 1.165) is 16.1 Å². The summed E-state index contributed by atoms with van der Waals surface area (Å²) in [6.07, 6.45) is 1.05. The molecule has 5 nitrogen and oxygen atoms in total. The van der Waals surface area contributed by atoms with Crippen molar-refractivity contribution in [1.82, 2.24) is 0 Å². The van der Waals surface area contributed by atoms with Gasteiger partial charge < -0.3 is 4.55 Å². The third-order valence-electron chi connectivity index (χ3n) is 2.97. The minimum absolute atomic E-state index is 0.0301. The second-order valence-corrected chi connectivity index (χ2v) is 7.32. The van der Waals surface area contributed by atoms with Crippen LogP contribution in [-0.2, 0) is 21.1 Å². The van der Waals surface area contributed by atoms with E-state index < -0.39 is 21.1 Å². The van der Waals surface area contributed by atoms with Crippen molar-refractivity contribution in [3.05, 3.63) is 54.1 Å². The molecule has 0 saturated heterocycles. The molecule has 0 aliphatic heterocycles. The highest BCUT2D eigenvalue weighted by molar-refractivity contribution is 7.91. The zero-order chi connectivity index (χ0) is 15.6.